The van der Waals surface area contributed by atoms with Crippen molar-refractivity contribution in [1.82, 2.24) is 4.98 Å². The zero-order valence-corrected chi connectivity index (χ0v) is 15.3. The van der Waals surface area contributed by atoms with Crippen molar-refractivity contribution in [2.24, 2.45) is 0 Å². The number of rotatable bonds is 4. The molecule has 0 atom stereocenters. The number of thiazole rings is 1. The van der Waals surface area contributed by atoms with Crippen molar-refractivity contribution in [2.45, 2.75) is 6.92 Å². The number of benzene rings is 1. The van der Waals surface area contributed by atoms with Gasteiger partial charge in [0.25, 0.3) is 0 Å². The van der Waals surface area contributed by atoms with E-state index in [1.54, 1.807) is 28.9 Å². The minimum atomic E-state index is -0.309. The molecule has 0 aliphatic heterocycles. The summed E-state index contributed by atoms with van der Waals surface area (Å²) in [6.45, 7) is 1.86. The molecule has 0 spiro atoms. The van der Waals surface area contributed by atoms with Gasteiger partial charge in [-0.15, -0.1) is 22.7 Å². The second-order valence-corrected chi connectivity index (χ2v) is 7.41. The van der Waals surface area contributed by atoms with E-state index in [0.717, 1.165) is 15.8 Å². The monoisotopic (exact) mass is 384 g/mol. The molecule has 0 aliphatic carbocycles. The molecular weight excluding hydrogens is 371 g/mol. The molecular formula is C19H13FN2O2S2. The smallest absolute Gasteiger partial charge is 0.250 e. The molecule has 4 aromatic rings. The van der Waals surface area contributed by atoms with E-state index in [-0.39, 0.29) is 11.7 Å². The number of anilines is 1. The zero-order valence-electron chi connectivity index (χ0n) is 13.7. The topological polar surface area (TPSA) is 55.1 Å². The molecule has 0 bridgehead atoms. The molecule has 130 valence electrons. The van der Waals surface area contributed by atoms with Gasteiger partial charge in [-0.3, -0.25) is 10.1 Å². The van der Waals surface area contributed by atoms with Gasteiger partial charge in [0, 0.05) is 27.3 Å². The Balaban J connectivity index is 1.55. The van der Waals surface area contributed by atoms with Crippen LogP contribution in [-0.2, 0) is 4.79 Å². The molecule has 1 amide bonds. The van der Waals surface area contributed by atoms with E-state index < -0.39 is 0 Å². The van der Waals surface area contributed by atoms with E-state index in [4.69, 9.17) is 4.42 Å². The Kier molecular flexibility index (Phi) is 4.40. The van der Waals surface area contributed by atoms with Crippen molar-refractivity contribution in [3.63, 3.8) is 0 Å². The molecule has 0 unspecified atom stereocenters. The summed E-state index contributed by atoms with van der Waals surface area (Å²) >= 11 is 2.87. The van der Waals surface area contributed by atoms with Gasteiger partial charge in [-0.05, 0) is 42.6 Å². The molecule has 0 saturated carbocycles. The Hall–Kier alpha value is -2.77. The van der Waals surface area contributed by atoms with Gasteiger partial charge in [-0.2, -0.15) is 0 Å². The van der Waals surface area contributed by atoms with Gasteiger partial charge in [-0.1, -0.05) is 6.07 Å². The highest BCUT2D eigenvalue weighted by molar-refractivity contribution is 7.14. The second-order valence-electron chi connectivity index (χ2n) is 5.57. The number of thiophene rings is 1. The number of fused-ring (bicyclic) bond motifs is 1. The van der Waals surface area contributed by atoms with Gasteiger partial charge in [0.15, 0.2) is 10.9 Å². The van der Waals surface area contributed by atoms with Crippen molar-refractivity contribution < 1.29 is 13.6 Å². The molecule has 1 aromatic carbocycles. The number of hydrogen-bond acceptors (Lipinski definition) is 5. The molecule has 1 N–H and O–H groups in total. The van der Waals surface area contributed by atoms with Crippen LogP contribution in [0.1, 0.15) is 10.4 Å². The molecule has 4 rings (SSSR count). The average molecular weight is 384 g/mol. The van der Waals surface area contributed by atoms with Gasteiger partial charge in [0.05, 0.1) is 0 Å². The van der Waals surface area contributed by atoms with Crippen molar-refractivity contribution in [1.29, 1.82) is 0 Å². The average Bonchev–Trinajstić information content (AvgIpc) is 3.35. The van der Waals surface area contributed by atoms with Crippen LogP contribution in [0, 0.1) is 12.7 Å². The number of nitrogens with one attached hydrogen (secondary N) is 1. The van der Waals surface area contributed by atoms with Crippen molar-refractivity contribution in [3.05, 3.63) is 63.4 Å². The number of hydrogen-bond donors (Lipinski definition) is 1. The van der Waals surface area contributed by atoms with E-state index in [9.17, 15) is 9.18 Å². The van der Waals surface area contributed by atoms with Crippen LogP contribution in [0.15, 0.2) is 51.6 Å². The summed E-state index contributed by atoms with van der Waals surface area (Å²) in [7, 11) is 0. The fourth-order valence-corrected chi connectivity index (χ4v) is 3.88. The van der Waals surface area contributed by atoms with E-state index in [1.165, 1.54) is 29.5 Å². The standard InChI is InChI=1S/C19H13FN2O2S2/c1-11-14-9-12(20)4-6-16(14)24-18(11)15-10-26-19(21-15)22-17(23)7-5-13-3-2-8-25-13/h2-10H,1H3,(H,21,22,23). The Morgan fingerprint density at radius 3 is 3.00 bits per heavy atom. The quantitative estimate of drug-likeness (QED) is 0.458. The van der Waals surface area contributed by atoms with Crippen molar-refractivity contribution in [2.75, 3.05) is 5.32 Å². The first-order valence-corrected chi connectivity index (χ1v) is 9.53. The Bertz CT molecular complexity index is 1110. The summed E-state index contributed by atoms with van der Waals surface area (Å²) in [6.07, 6.45) is 3.23. The number of aryl methyl sites for hydroxylation is 1. The second kappa shape index (κ2) is 6.86. The Morgan fingerprint density at radius 1 is 1.31 bits per heavy atom. The van der Waals surface area contributed by atoms with E-state index in [2.05, 4.69) is 10.3 Å². The lowest BCUT2D eigenvalue weighted by Crippen LogP contribution is -2.07. The highest BCUT2D eigenvalue weighted by Gasteiger charge is 2.16. The summed E-state index contributed by atoms with van der Waals surface area (Å²) in [5, 5.41) is 7.70. The predicted molar refractivity (Wildman–Crippen MR) is 104 cm³/mol. The summed E-state index contributed by atoms with van der Waals surface area (Å²) < 4.78 is 19.2. The number of carbonyl (C=O) groups is 1. The first-order chi connectivity index (χ1) is 12.6. The maximum absolute atomic E-state index is 13.4. The number of nitrogens with zero attached hydrogens (tertiary/aromatic N) is 1. The molecule has 4 nitrogen and oxygen atoms in total. The summed E-state index contributed by atoms with van der Waals surface area (Å²) in [5.74, 6) is 0.0240. The highest BCUT2D eigenvalue weighted by Crippen LogP contribution is 2.34. The van der Waals surface area contributed by atoms with Crippen LogP contribution in [0.25, 0.3) is 28.5 Å². The summed E-state index contributed by atoms with van der Waals surface area (Å²) in [6, 6.07) is 8.27. The van der Waals surface area contributed by atoms with Crippen molar-refractivity contribution in [3.8, 4) is 11.5 Å². The normalized spacial score (nSPS) is 11.5. The lowest BCUT2D eigenvalue weighted by molar-refractivity contribution is -0.111. The van der Waals surface area contributed by atoms with E-state index in [1.807, 2.05) is 24.4 Å². The Labute approximate surface area is 156 Å². The third-order valence-corrected chi connectivity index (χ3v) is 5.40. The van der Waals surface area contributed by atoms with Gasteiger partial charge in [-0.25, -0.2) is 9.37 Å². The number of furan rings is 1. The van der Waals surface area contributed by atoms with Crippen LogP contribution in [0.5, 0.6) is 0 Å². The predicted octanol–water partition coefficient (Wildman–Crippen LogP) is 5.72. The van der Waals surface area contributed by atoms with Crippen LogP contribution < -0.4 is 5.32 Å². The maximum Gasteiger partial charge on any atom is 0.250 e. The lowest BCUT2D eigenvalue weighted by Gasteiger charge is -1.96. The summed E-state index contributed by atoms with van der Waals surface area (Å²) in [4.78, 5) is 17.4. The van der Waals surface area contributed by atoms with Gasteiger partial charge < -0.3 is 4.42 Å². The van der Waals surface area contributed by atoms with Gasteiger partial charge >= 0.3 is 0 Å². The number of aromatic nitrogens is 1. The molecule has 3 aromatic heterocycles. The molecule has 0 saturated heterocycles. The number of amides is 1. The Morgan fingerprint density at radius 2 is 2.19 bits per heavy atom. The van der Waals surface area contributed by atoms with E-state index in [0.29, 0.717) is 22.2 Å². The van der Waals surface area contributed by atoms with Crippen LogP contribution in [-0.4, -0.2) is 10.9 Å². The maximum atomic E-state index is 13.4. The fraction of sp³-hybridized carbons (Fsp3) is 0.0526. The molecule has 26 heavy (non-hydrogen) atoms. The van der Waals surface area contributed by atoms with Gasteiger partial charge in [0.1, 0.15) is 17.1 Å². The molecule has 0 fully saturated rings. The van der Waals surface area contributed by atoms with Crippen LogP contribution in [0.4, 0.5) is 9.52 Å². The largest absolute Gasteiger partial charge is 0.454 e. The molecule has 0 radical (unpaired) electrons. The van der Waals surface area contributed by atoms with Crippen molar-refractivity contribution >= 4 is 50.8 Å². The first kappa shape index (κ1) is 16.7. The van der Waals surface area contributed by atoms with Crippen LogP contribution in [0.2, 0.25) is 0 Å². The van der Waals surface area contributed by atoms with Crippen LogP contribution in [0.3, 0.4) is 0 Å². The molecule has 7 heteroatoms. The third-order valence-electron chi connectivity index (χ3n) is 3.81. The summed E-state index contributed by atoms with van der Waals surface area (Å²) in [5.41, 5.74) is 2.04. The minimum absolute atomic E-state index is 0.248. The molecule has 3 heterocycles. The zero-order chi connectivity index (χ0) is 18.1. The van der Waals surface area contributed by atoms with Gasteiger partial charge in [0.2, 0.25) is 5.91 Å². The SMILES string of the molecule is Cc1c(-c2csc(NC(=O)C=Cc3cccs3)n2)oc2ccc(F)cc12. The van der Waals surface area contributed by atoms with E-state index >= 15 is 0 Å². The first-order valence-electron chi connectivity index (χ1n) is 7.77. The van der Waals surface area contributed by atoms with Crippen LogP contribution >= 0.6 is 22.7 Å². The lowest BCUT2D eigenvalue weighted by atomic mass is 10.1. The third kappa shape index (κ3) is 3.31. The molecule has 0 aliphatic rings. The number of carbonyl (C=O) groups excluding carboxylic acids is 1. The minimum Gasteiger partial charge on any atom is -0.454 e. The highest BCUT2D eigenvalue weighted by atomic mass is 32.1. The fourth-order valence-electron chi connectivity index (χ4n) is 2.56. The number of halogens is 1.